The zero-order chi connectivity index (χ0) is 22.5. The Morgan fingerprint density at radius 2 is 2.00 bits per heavy atom. The van der Waals surface area contributed by atoms with E-state index in [1.54, 1.807) is 18.2 Å². The number of anilines is 1. The molecule has 0 fully saturated rings. The number of allylic oxidation sites excluding steroid dienone is 2. The van der Waals surface area contributed by atoms with Gasteiger partial charge in [0.2, 0.25) is 0 Å². The van der Waals surface area contributed by atoms with Crippen LogP contribution in [0.5, 0.6) is 0 Å². The highest BCUT2D eigenvalue weighted by atomic mass is 35.5. The Labute approximate surface area is 193 Å². The third kappa shape index (κ3) is 5.70. The first-order chi connectivity index (χ1) is 14.8. The van der Waals surface area contributed by atoms with E-state index in [-0.39, 0.29) is 23.4 Å². The van der Waals surface area contributed by atoms with Crippen LogP contribution in [0.3, 0.4) is 0 Å². The smallest absolute Gasteiger partial charge is 0.252 e. The molecule has 2 unspecified atom stereocenters. The second-order valence-corrected chi connectivity index (χ2v) is 8.89. The van der Waals surface area contributed by atoms with E-state index in [4.69, 9.17) is 28.5 Å². The number of carbonyl (C=O) groups is 1. The molecule has 0 radical (unpaired) electrons. The monoisotopic (exact) mass is 453 g/mol. The van der Waals surface area contributed by atoms with Crippen molar-refractivity contribution >= 4 is 34.8 Å². The molecule has 6 heteroatoms. The number of rotatable bonds is 6. The van der Waals surface area contributed by atoms with E-state index in [0.717, 1.165) is 22.4 Å². The predicted octanol–water partition coefficient (Wildman–Crippen LogP) is 6.31. The Balaban J connectivity index is 2.01. The predicted molar refractivity (Wildman–Crippen MR) is 128 cm³/mol. The maximum absolute atomic E-state index is 13.2. The highest BCUT2D eigenvalue weighted by molar-refractivity contribution is 6.30. The van der Waals surface area contributed by atoms with Gasteiger partial charge in [0.15, 0.2) is 0 Å². The Morgan fingerprint density at radius 1 is 1.23 bits per heavy atom. The van der Waals surface area contributed by atoms with Gasteiger partial charge in [0.1, 0.15) is 0 Å². The average Bonchev–Trinajstić information content (AvgIpc) is 2.72. The zero-order valence-corrected chi connectivity index (χ0v) is 19.3. The fourth-order valence-corrected chi connectivity index (χ4v) is 3.86. The van der Waals surface area contributed by atoms with Gasteiger partial charge in [-0.25, -0.2) is 0 Å². The molecule has 3 rings (SSSR count). The van der Waals surface area contributed by atoms with Crippen molar-refractivity contribution in [2.75, 3.05) is 5.32 Å². The van der Waals surface area contributed by atoms with Crippen molar-refractivity contribution in [3.05, 3.63) is 87.5 Å². The van der Waals surface area contributed by atoms with Crippen LogP contribution in [0, 0.1) is 18.3 Å². The SMILES string of the molecule is Cc1cc(C(=O)NC(C2=CCC(Cl)C=C2)c2ccc(Cl)cc2NC(C)C)ccc1C#N. The van der Waals surface area contributed by atoms with Crippen LogP contribution in [0.25, 0.3) is 0 Å². The number of benzene rings is 2. The van der Waals surface area contributed by atoms with E-state index < -0.39 is 0 Å². The summed E-state index contributed by atoms with van der Waals surface area (Å²) in [7, 11) is 0. The summed E-state index contributed by atoms with van der Waals surface area (Å²) >= 11 is 12.5. The molecule has 0 aliphatic heterocycles. The van der Waals surface area contributed by atoms with Crippen molar-refractivity contribution in [1.82, 2.24) is 5.32 Å². The molecule has 160 valence electrons. The molecule has 1 aliphatic rings. The quantitative estimate of drug-likeness (QED) is 0.503. The molecule has 1 aliphatic carbocycles. The number of nitrogens with one attached hydrogen (secondary N) is 2. The zero-order valence-electron chi connectivity index (χ0n) is 17.7. The summed E-state index contributed by atoms with van der Waals surface area (Å²) in [6.07, 6.45) is 6.65. The first-order valence-electron chi connectivity index (χ1n) is 10.2. The van der Waals surface area contributed by atoms with Crippen molar-refractivity contribution in [2.45, 2.75) is 44.7 Å². The van der Waals surface area contributed by atoms with Crippen LogP contribution < -0.4 is 10.6 Å². The van der Waals surface area contributed by atoms with E-state index in [2.05, 4.69) is 36.6 Å². The minimum Gasteiger partial charge on any atom is -0.383 e. The molecule has 0 aromatic heterocycles. The van der Waals surface area contributed by atoms with Crippen LogP contribution in [0.15, 0.2) is 60.2 Å². The van der Waals surface area contributed by atoms with E-state index in [1.165, 1.54) is 0 Å². The van der Waals surface area contributed by atoms with Crippen molar-refractivity contribution in [3.63, 3.8) is 0 Å². The van der Waals surface area contributed by atoms with Crippen molar-refractivity contribution in [1.29, 1.82) is 5.26 Å². The maximum Gasteiger partial charge on any atom is 0.252 e. The number of nitriles is 1. The second kappa shape index (κ2) is 10.0. The van der Waals surface area contributed by atoms with Crippen LogP contribution in [0.2, 0.25) is 5.02 Å². The average molecular weight is 454 g/mol. The summed E-state index contributed by atoms with van der Waals surface area (Å²) in [5.74, 6) is -0.217. The molecule has 1 amide bonds. The lowest BCUT2D eigenvalue weighted by Gasteiger charge is -2.26. The largest absolute Gasteiger partial charge is 0.383 e. The van der Waals surface area contributed by atoms with Gasteiger partial charge >= 0.3 is 0 Å². The number of amides is 1. The standard InChI is InChI=1S/C25H25Cl2N3O/c1-15(2)29-23-13-21(27)10-11-22(23)24(17-6-8-20(26)9-7-17)30-25(31)18-4-5-19(14-28)16(3)12-18/h4-8,10-13,15,20,24,29H,9H2,1-3H3,(H,30,31). The Bertz CT molecular complexity index is 1080. The summed E-state index contributed by atoms with van der Waals surface area (Å²) in [5.41, 5.74) is 4.57. The number of alkyl halides is 1. The Hall–Kier alpha value is -2.74. The number of halogens is 2. The van der Waals surface area contributed by atoms with Crippen LogP contribution in [-0.2, 0) is 0 Å². The third-order valence-corrected chi connectivity index (χ3v) is 5.62. The number of nitrogens with zero attached hydrogens (tertiary/aromatic N) is 1. The maximum atomic E-state index is 13.2. The fourth-order valence-electron chi connectivity index (χ4n) is 3.53. The van der Waals surface area contributed by atoms with Gasteiger partial charge in [0.25, 0.3) is 5.91 Å². The highest BCUT2D eigenvalue weighted by Crippen LogP contribution is 2.34. The Kier molecular flexibility index (Phi) is 7.43. The van der Waals surface area contributed by atoms with Gasteiger partial charge in [0.05, 0.1) is 23.1 Å². The lowest BCUT2D eigenvalue weighted by atomic mass is 9.92. The highest BCUT2D eigenvalue weighted by Gasteiger charge is 2.24. The van der Waals surface area contributed by atoms with E-state index in [1.807, 2.05) is 37.3 Å². The number of hydrogen-bond donors (Lipinski definition) is 2. The van der Waals surface area contributed by atoms with Crippen molar-refractivity contribution in [3.8, 4) is 6.07 Å². The lowest BCUT2D eigenvalue weighted by Crippen LogP contribution is -2.31. The molecular formula is C25H25Cl2N3O. The van der Waals surface area contributed by atoms with Gasteiger partial charge < -0.3 is 10.6 Å². The molecule has 0 saturated heterocycles. The first kappa shape index (κ1) is 22.9. The molecule has 2 atom stereocenters. The van der Waals surface area contributed by atoms with Gasteiger partial charge in [-0.1, -0.05) is 35.9 Å². The summed E-state index contributed by atoms with van der Waals surface area (Å²) in [6.45, 7) is 5.93. The van der Waals surface area contributed by atoms with Crippen molar-refractivity contribution < 1.29 is 4.79 Å². The minimum atomic E-state index is -0.387. The Morgan fingerprint density at radius 3 is 2.61 bits per heavy atom. The van der Waals surface area contributed by atoms with E-state index in [9.17, 15) is 4.79 Å². The van der Waals surface area contributed by atoms with Crippen LogP contribution >= 0.6 is 23.2 Å². The van der Waals surface area contributed by atoms with E-state index >= 15 is 0 Å². The fraction of sp³-hybridized carbons (Fsp3) is 0.280. The van der Waals surface area contributed by atoms with Crippen LogP contribution in [0.1, 0.15) is 53.4 Å². The summed E-state index contributed by atoms with van der Waals surface area (Å²) in [6, 6.07) is 12.7. The van der Waals surface area contributed by atoms with Gasteiger partial charge in [-0.2, -0.15) is 5.26 Å². The normalized spacial score (nSPS) is 16.4. The molecule has 0 bridgehead atoms. The van der Waals surface area contributed by atoms with Gasteiger partial charge in [-0.05, 0) is 68.7 Å². The summed E-state index contributed by atoms with van der Waals surface area (Å²) in [5, 5.41) is 16.3. The molecule has 4 nitrogen and oxygen atoms in total. The van der Waals surface area contributed by atoms with Crippen LogP contribution in [-0.4, -0.2) is 17.3 Å². The third-order valence-electron chi connectivity index (χ3n) is 5.06. The van der Waals surface area contributed by atoms with Gasteiger partial charge in [0, 0.05) is 27.9 Å². The second-order valence-electron chi connectivity index (χ2n) is 7.89. The molecule has 2 aromatic carbocycles. The number of aryl methyl sites for hydroxylation is 1. The molecule has 2 N–H and O–H groups in total. The van der Waals surface area contributed by atoms with Crippen LogP contribution in [0.4, 0.5) is 5.69 Å². The van der Waals surface area contributed by atoms with Gasteiger partial charge in [-0.3, -0.25) is 4.79 Å². The molecule has 0 spiro atoms. The molecular weight excluding hydrogens is 429 g/mol. The van der Waals surface area contributed by atoms with Crippen molar-refractivity contribution in [2.24, 2.45) is 0 Å². The number of carbonyl (C=O) groups excluding carboxylic acids is 1. The minimum absolute atomic E-state index is 0.0558. The topological polar surface area (TPSA) is 64.9 Å². The molecule has 2 aromatic rings. The number of hydrogen-bond acceptors (Lipinski definition) is 3. The van der Waals surface area contributed by atoms with E-state index in [0.29, 0.717) is 22.6 Å². The molecule has 0 heterocycles. The van der Waals surface area contributed by atoms with Gasteiger partial charge in [-0.15, -0.1) is 11.6 Å². The molecule has 0 saturated carbocycles. The summed E-state index contributed by atoms with van der Waals surface area (Å²) in [4.78, 5) is 13.2. The lowest BCUT2D eigenvalue weighted by molar-refractivity contribution is 0.0943. The molecule has 31 heavy (non-hydrogen) atoms. The first-order valence-corrected chi connectivity index (χ1v) is 11.0. The summed E-state index contributed by atoms with van der Waals surface area (Å²) < 4.78 is 0.